The van der Waals surface area contributed by atoms with Crippen molar-refractivity contribution in [2.45, 2.75) is 84.3 Å². The van der Waals surface area contributed by atoms with Crippen LogP contribution < -0.4 is 27.4 Å². The molecule has 0 saturated heterocycles. The summed E-state index contributed by atoms with van der Waals surface area (Å²) in [4.78, 5) is 82.7. The SMILES string of the molecule is CC[C@H](C)[C@H](CC(=O)[C@H](CC(C)C)NC(=O)[C@H](CCCN=C(N)N)NC(=O)c1csc(-c2ccc(Cl)cc2)n1)C(=O)N[C@@H](Cc1ccccc1)C(=O)O.N=N/N=N/N=N/N(OOO)OOOO. The van der Waals surface area contributed by atoms with Crippen molar-refractivity contribution in [3.05, 3.63) is 76.3 Å². The van der Waals surface area contributed by atoms with Gasteiger partial charge in [-0.15, -0.1) is 11.3 Å². The fourth-order valence-corrected chi connectivity index (χ4v) is 6.78. The molecule has 0 bridgehead atoms. The summed E-state index contributed by atoms with van der Waals surface area (Å²) in [6.07, 6.45) is 1.19. The highest BCUT2D eigenvalue weighted by Crippen LogP contribution is 2.26. The molecular formula is C38H53ClN14O13S. The summed E-state index contributed by atoms with van der Waals surface area (Å²) >= 11 is 7.27. The first-order valence-electron chi connectivity index (χ1n) is 20.1. The lowest BCUT2D eigenvalue weighted by atomic mass is 9.84. The van der Waals surface area contributed by atoms with Gasteiger partial charge in [0.25, 0.3) is 5.91 Å². The Morgan fingerprint density at radius 3 is 2.18 bits per heavy atom. The van der Waals surface area contributed by atoms with Gasteiger partial charge in [-0.25, -0.2) is 20.3 Å². The Bertz CT molecular complexity index is 2100. The van der Waals surface area contributed by atoms with E-state index in [1.54, 1.807) is 53.9 Å². The third kappa shape index (κ3) is 22.0. The smallest absolute Gasteiger partial charge is 0.326 e. The number of carbonyl (C=O) groups excluding carboxylic acids is 4. The van der Waals surface area contributed by atoms with Crippen molar-refractivity contribution < 1.29 is 64.7 Å². The molecule has 0 fully saturated rings. The highest BCUT2D eigenvalue weighted by atomic mass is 35.5. The zero-order valence-electron chi connectivity index (χ0n) is 36.6. The van der Waals surface area contributed by atoms with Gasteiger partial charge in [0.2, 0.25) is 11.8 Å². The van der Waals surface area contributed by atoms with E-state index in [0.717, 1.165) is 11.1 Å². The molecule has 11 N–H and O–H groups in total. The predicted octanol–water partition coefficient (Wildman–Crippen LogP) is 5.15. The van der Waals surface area contributed by atoms with Gasteiger partial charge in [0.15, 0.2) is 11.7 Å². The Kier molecular flexibility index (Phi) is 26.6. The second kappa shape index (κ2) is 31.4. The van der Waals surface area contributed by atoms with Crippen molar-refractivity contribution in [3.8, 4) is 10.6 Å². The number of aliphatic carboxylic acids is 1. The average molecular weight is 981 g/mol. The molecule has 67 heavy (non-hydrogen) atoms. The van der Waals surface area contributed by atoms with E-state index in [1.807, 2.05) is 33.8 Å². The van der Waals surface area contributed by atoms with Crippen LogP contribution in [0.2, 0.25) is 5.02 Å². The normalized spacial score (nSPS) is 13.4. The number of carbonyl (C=O) groups is 5. The lowest BCUT2D eigenvalue weighted by Gasteiger charge is -2.28. The summed E-state index contributed by atoms with van der Waals surface area (Å²) in [6.45, 7) is 7.74. The van der Waals surface area contributed by atoms with Gasteiger partial charge in [0.1, 0.15) is 22.8 Å². The zero-order valence-corrected chi connectivity index (χ0v) is 38.2. The molecule has 27 nitrogen and oxygen atoms in total. The molecule has 29 heteroatoms. The van der Waals surface area contributed by atoms with Gasteiger partial charge in [-0.2, -0.15) is 5.53 Å². The van der Waals surface area contributed by atoms with E-state index in [4.69, 9.17) is 39.1 Å². The van der Waals surface area contributed by atoms with E-state index < -0.39 is 47.7 Å². The van der Waals surface area contributed by atoms with Crippen LogP contribution in [0, 0.1) is 23.3 Å². The predicted molar refractivity (Wildman–Crippen MR) is 235 cm³/mol. The number of hydrogen-bond donors (Lipinski definition) is 9. The van der Waals surface area contributed by atoms with Crippen molar-refractivity contribution in [1.29, 1.82) is 5.53 Å². The zero-order chi connectivity index (χ0) is 49.7. The third-order valence-electron chi connectivity index (χ3n) is 9.25. The van der Waals surface area contributed by atoms with Crippen molar-refractivity contribution in [2.75, 3.05) is 6.54 Å². The van der Waals surface area contributed by atoms with Crippen LogP contribution in [-0.4, -0.2) is 86.0 Å². The van der Waals surface area contributed by atoms with E-state index in [0.29, 0.717) is 22.9 Å². The van der Waals surface area contributed by atoms with Gasteiger partial charge in [0.05, 0.1) is 11.4 Å². The molecule has 0 radical (unpaired) electrons. The first-order chi connectivity index (χ1) is 32.0. The number of thiazole rings is 1. The van der Waals surface area contributed by atoms with Gasteiger partial charge >= 0.3 is 5.97 Å². The number of rotatable bonds is 29. The van der Waals surface area contributed by atoms with Crippen LogP contribution in [0.3, 0.4) is 0 Å². The van der Waals surface area contributed by atoms with Crippen molar-refractivity contribution in [3.63, 3.8) is 0 Å². The number of aromatic nitrogens is 1. The number of nitrogens with zero attached hydrogens (tertiary/aromatic N) is 8. The Morgan fingerprint density at radius 1 is 0.896 bits per heavy atom. The fourth-order valence-electron chi connectivity index (χ4n) is 5.85. The summed E-state index contributed by atoms with van der Waals surface area (Å²) in [5.74, 6) is -4.50. The maximum absolute atomic E-state index is 14.0. The number of halogens is 1. The number of amides is 3. The lowest BCUT2D eigenvalue weighted by Crippen LogP contribution is -2.53. The molecule has 0 saturated carbocycles. The number of aliphatic imine (C=N–C) groups is 1. The minimum atomic E-state index is -1.19. The van der Waals surface area contributed by atoms with Crippen LogP contribution in [0.25, 0.3) is 10.6 Å². The van der Waals surface area contributed by atoms with Crippen LogP contribution in [0.1, 0.15) is 75.9 Å². The molecule has 5 atom stereocenters. The molecule has 1 heterocycles. The Balaban J connectivity index is 0.000000946. The Hall–Kier alpha value is -6.50. The van der Waals surface area contributed by atoms with E-state index in [1.165, 1.54) is 11.3 Å². The van der Waals surface area contributed by atoms with Gasteiger partial charge in [0, 0.05) is 51.7 Å². The standard InChI is InChI=1S/C38H50ClN7O6S.H3N7O7/c1-5-23(4)27(33(48)45-30(37(51)52)19-24-10-7-6-8-11-24)20-32(47)29(18-22(2)3)44-34(49)28(12-9-17-42-38(40)41)43-35(50)31-21-53-36(46-31)25-13-15-26(39)16-14-25;1-2-3-4-5-6-7(10-12-8)11-14-13-9/h6-8,10-11,13-16,21-23,27-30H,5,9,12,17-20H2,1-4H3,(H,43,50)(H,44,49)(H,45,48)(H,51,52)(H4,40,41,42);1,8-9H/b;2-1?,4-3+,6-5+/t23-,27-,28-,29-,30-;/m0./s1. The molecule has 0 spiro atoms. The number of carboxylic acid groups (broad SMARTS) is 1. The number of guanidine groups is 1. The fraction of sp³-hybridized carbons (Fsp3) is 0.447. The lowest BCUT2D eigenvalue weighted by molar-refractivity contribution is -0.741. The summed E-state index contributed by atoms with van der Waals surface area (Å²) in [5, 5.41) is 58.9. The molecule has 0 aliphatic carbocycles. The maximum Gasteiger partial charge on any atom is 0.326 e. The summed E-state index contributed by atoms with van der Waals surface area (Å²) < 4.78 is 0. The monoisotopic (exact) mass is 980 g/mol. The van der Waals surface area contributed by atoms with Crippen molar-refractivity contribution >= 4 is 58.4 Å². The van der Waals surface area contributed by atoms with Gasteiger partial charge in [-0.3, -0.25) is 24.2 Å². The second-order valence-electron chi connectivity index (χ2n) is 14.5. The summed E-state index contributed by atoms with van der Waals surface area (Å²) in [5.41, 5.74) is 18.7. The molecule has 0 aliphatic heterocycles. The van der Waals surface area contributed by atoms with E-state index in [2.05, 4.69) is 77.1 Å². The molecule has 0 aliphatic rings. The highest BCUT2D eigenvalue weighted by Gasteiger charge is 2.34. The van der Waals surface area contributed by atoms with Crippen LogP contribution in [0.5, 0.6) is 0 Å². The number of ketones is 1. The quantitative estimate of drug-likeness (QED) is 0.0108. The van der Waals surface area contributed by atoms with Crippen LogP contribution in [0.15, 0.2) is 91.1 Å². The van der Waals surface area contributed by atoms with E-state index in [-0.39, 0.29) is 66.8 Å². The van der Waals surface area contributed by atoms with Gasteiger partial charge in [-0.05, 0) is 89.6 Å². The Labute approximate surface area is 391 Å². The largest absolute Gasteiger partial charge is 0.480 e. The molecule has 2 aromatic carbocycles. The number of benzene rings is 2. The first-order valence-corrected chi connectivity index (χ1v) is 21.4. The topological polar surface area (TPSA) is 394 Å². The highest BCUT2D eigenvalue weighted by molar-refractivity contribution is 7.13. The second-order valence-corrected chi connectivity index (χ2v) is 15.8. The number of hydrogen-bond acceptors (Lipinski definition) is 17. The minimum absolute atomic E-state index is 0.0152. The van der Waals surface area contributed by atoms with Crippen molar-refractivity contribution in [2.24, 2.45) is 60.3 Å². The Morgan fingerprint density at radius 2 is 1.58 bits per heavy atom. The van der Waals surface area contributed by atoms with Gasteiger partial charge < -0.3 is 32.5 Å². The van der Waals surface area contributed by atoms with Crippen molar-refractivity contribution in [1.82, 2.24) is 26.3 Å². The molecule has 1 aromatic heterocycles. The molecule has 3 amide bonds. The maximum atomic E-state index is 14.0. The molecule has 0 unspecified atom stereocenters. The van der Waals surface area contributed by atoms with Crippen LogP contribution in [-0.2, 0) is 50.7 Å². The number of nitrogens with one attached hydrogen (secondary N) is 4. The molecule has 366 valence electrons. The summed E-state index contributed by atoms with van der Waals surface area (Å²) in [6, 6.07) is 12.7. The molecule has 3 aromatic rings. The van der Waals surface area contributed by atoms with Gasteiger partial charge in [-0.1, -0.05) is 88.2 Å². The third-order valence-corrected chi connectivity index (χ3v) is 10.4. The summed E-state index contributed by atoms with van der Waals surface area (Å²) in [7, 11) is 0. The molecule has 3 rings (SSSR count). The van der Waals surface area contributed by atoms with E-state index in [9.17, 15) is 29.1 Å². The molecular weight excluding hydrogens is 928 g/mol. The number of carboxylic acids is 1. The average Bonchev–Trinajstić information content (AvgIpc) is 3.80. The van der Waals surface area contributed by atoms with Crippen LogP contribution >= 0.6 is 22.9 Å². The minimum Gasteiger partial charge on any atom is -0.480 e. The number of Topliss-reactive ketones (excluding diaryl/α,β-unsaturated/α-hetero) is 1. The van der Waals surface area contributed by atoms with E-state index >= 15 is 0 Å². The van der Waals surface area contributed by atoms with Crippen LogP contribution in [0.4, 0.5) is 0 Å². The first kappa shape index (κ1) is 56.6. The number of nitrogens with two attached hydrogens (primary N) is 2.